The van der Waals surface area contributed by atoms with Crippen molar-refractivity contribution >= 4 is 28.7 Å². The highest BCUT2D eigenvalue weighted by atomic mass is 32.2. The van der Waals surface area contributed by atoms with Gasteiger partial charge in [-0.2, -0.15) is 0 Å². The topological polar surface area (TPSA) is 73.2 Å². The number of carbonyl (C=O) groups excluding carboxylic acids is 1. The first-order valence-corrected chi connectivity index (χ1v) is 11.1. The lowest BCUT2D eigenvalue weighted by Crippen LogP contribution is -2.33. The van der Waals surface area contributed by atoms with Crippen LogP contribution in [-0.4, -0.2) is 40.5 Å². The average molecular weight is 424 g/mol. The Balaban J connectivity index is 1.52. The fourth-order valence-corrected chi connectivity index (χ4v) is 4.28. The van der Waals surface area contributed by atoms with Crippen molar-refractivity contribution in [2.75, 3.05) is 18.9 Å². The largest absolute Gasteiger partial charge is 0.376 e. The lowest BCUT2D eigenvalue weighted by atomic mass is 10.1. The Morgan fingerprint density at radius 2 is 2.03 bits per heavy atom. The second-order valence-electron chi connectivity index (χ2n) is 7.51. The molecule has 1 amide bonds. The molecule has 0 saturated carbocycles. The molecule has 30 heavy (non-hydrogen) atoms. The molecule has 2 heterocycles. The Bertz CT molecular complexity index is 1090. The van der Waals surface area contributed by atoms with Gasteiger partial charge in [-0.3, -0.25) is 14.2 Å². The van der Waals surface area contributed by atoms with Crippen molar-refractivity contribution in [3.8, 4) is 0 Å². The van der Waals surface area contributed by atoms with Crippen molar-refractivity contribution < 1.29 is 9.53 Å². The Labute approximate surface area is 179 Å². The van der Waals surface area contributed by atoms with Crippen LogP contribution in [0.25, 0.3) is 11.0 Å². The smallest absolute Gasteiger partial charge is 0.283 e. The van der Waals surface area contributed by atoms with Gasteiger partial charge in [0.05, 0.1) is 29.4 Å². The molecule has 1 fully saturated rings. The maximum absolute atomic E-state index is 13.2. The van der Waals surface area contributed by atoms with E-state index in [2.05, 4.69) is 10.3 Å². The molecular formula is C23H25N3O3S. The van der Waals surface area contributed by atoms with Crippen molar-refractivity contribution in [2.24, 2.45) is 0 Å². The number of benzene rings is 2. The molecule has 6 nitrogen and oxygen atoms in total. The van der Waals surface area contributed by atoms with E-state index in [0.29, 0.717) is 18.1 Å². The summed E-state index contributed by atoms with van der Waals surface area (Å²) in [5.74, 6) is 0.0348. The number of carbonyl (C=O) groups is 1. The van der Waals surface area contributed by atoms with Crippen LogP contribution < -0.4 is 10.9 Å². The number of aryl methyl sites for hydroxylation is 1. The number of hydrogen-bond donors (Lipinski definition) is 1. The van der Waals surface area contributed by atoms with E-state index in [-0.39, 0.29) is 23.3 Å². The summed E-state index contributed by atoms with van der Waals surface area (Å²) >= 11 is 1.18. The summed E-state index contributed by atoms with van der Waals surface area (Å²) in [6.45, 7) is 3.77. The number of hydrogen-bond acceptors (Lipinski definition) is 5. The van der Waals surface area contributed by atoms with E-state index in [0.717, 1.165) is 36.0 Å². The molecule has 1 atom stereocenters. The third kappa shape index (κ3) is 4.91. The molecule has 2 aromatic carbocycles. The number of nitrogens with zero attached hydrogens (tertiary/aromatic N) is 2. The van der Waals surface area contributed by atoms with Crippen LogP contribution in [0, 0.1) is 6.92 Å². The second kappa shape index (κ2) is 9.45. The number of nitrogens with one attached hydrogen (secondary N) is 1. The Morgan fingerprint density at radius 1 is 1.23 bits per heavy atom. The second-order valence-corrected chi connectivity index (χ2v) is 8.47. The number of fused-ring (bicyclic) bond motifs is 1. The number of rotatable bonds is 7. The van der Waals surface area contributed by atoms with Crippen LogP contribution in [-0.2, 0) is 16.1 Å². The highest BCUT2D eigenvalue weighted by Gasteiger charge is 2.17. The number of amides is 1. The van der Waals surface area contributed by atoms with Crippen LogP contribution in [0.4, 0.5) is 0 Å². The standard InChI is InChI=1S/C23H25N3O3S/c1-16-8-10-17(11-9-16)14-26-20-7-3-2-6-19(20)25-22(23(26)28)30-15-21(27)24-13-18-5-4-12-29-18/h2-3,6-11,18H,4-5,12-15H2,1H3,(H,24,27)/t18-/m0/s1. The van der Waals surface area contributed by atoms with Crippen LogP contribution in [0.3, 0.4) is 0 Å². The molecule has 1 N–H and O–H groups in total. The summed E-state index contributed by atoms with van der Waals surface area (Å²) in [6.07, 6.45) is 2.12. The normalized spacial score (nSPS) is 16.1. The lowest BCUT2D eigenvalue weighted by Gasteiger charge is -2.13. The van der Waals surface area contributed by atoms with E-state index >= 15 is 0 Å². The summed E-state index contributed by atoms with van der Waals surface area (Å²) < 4.78 is 7.26. The van der Waals surface area contributed by atoms with Crippen LogP contribution in [0.2, 0.25) is 0 Å². The van der Waals surface area contributed by atoms with Gasteiger partial charge in [0, 0.05) is 13.2 Å². The predicted molar refractivity (Wildman–Crippen MR) is 119 cm³/mol. The van der Waals surface area contributed by atoms with E-state index in [1.165, 1.54) is 17.3 Å². The fourth-order valence-electron chi connectivity index (χ4n) is 3.51. The van der Waals surface area contributed by atoms with E-state index in [1.54, 1.807) is 4.57 Å². The molecule has 0 radical (unpaired) electrons. The van der Waals surface area contributed by atoms with Crippen molar-refractivity contribution in [1.82, 2.24) is 14.9 Å². The molecule has 7 heteroatoms. The zero-order chi connectivity index (χ0) is 20.9. The molecule has 1 saturated heterocycles. The molecule has 1 aliphatic heterocycles. The van der Waals surface area contributed by atoms with Gasteiger partial charge in [0.1, 0.15) is 0 Å². The summed E-state index contributed by atoms with van der Waals surface area (Å²) in [6, 6.07) is 15.7. The monoisotopic (exact) mass is 423 g/mol. The van der Waals surface area contributed by atoms with Crippen molar-refractivity contribution in [3.05, 3.63) is 70.0 Å². The minimum Gasteiger partial charge on any atom is -0.376 e. The van der Waals surface area contributed by atoms with Crippen molar-refractivity contribution in [1.29, 1.82) is 0 Å². The van der Waals surface area contributed by atoms with Gasteiger partial charge in [0.25, 0.3) is 5.56 Å². The minimum absolute atomic E-state index is 0.101. The van der Waals surface area contributed by atoms with Gasteiger partial charge in [-0.15, -0.1) is 0 Å². The van der Waals surface area contributed by atoms with Gasteiger partial charge in [-0.25, -0.2) is 4.98 Å². The Kier molecular flexibility index (Phi) is 6.50. The molecule has 0 spiro atoms. The Hall–Kier alpha value is -2.64. The molecule has 0 aliphatic carbocycles. The van der Waals surface area contributed by atoms with Gasteiger partial charge < -0.3 is 10.1 Å². The van der Waals surface area contributed by atoms with Crippen LogP contribution in [0.5, 0.6) is 0 Å². The first-order chi connectivity index (χ1) is 14.6. The Morgan fingerprint density at radius 3 is 2.80 bits per heavy atom. The molecule has 0 bridgehead atoms. The average Bonchev–Trinajstić information content (AvgIpc) is 3.28. The number of thioether (sulfide) groups is 1. The van der Waals surface area contributed by atoms with Crippen molar-refractivity contribution in [3.63, 3.8) is 0 Å². The SMILES string of the molecule is Cc1ccc(Cn2c(=O)c(SCC(=O)NC[C@@H]3CCCO3)nc3ccccc32)cc1. The number of ether oxygens (including phenoxy) is 1. The maximum atomic E-state index is 13.2. The van der Waals surface area contributed by atoms with E-state index in [4.69, 9.17) is 4.74 Å². The van der Waals surface area contributed by atoms with Crippen LogP contribution >= 0.6 is 11.8 Å². The van der Waals surface area contributed by atoms with Gasteiger partial charge in [-0.05, 0) is 37.5 Å². The lowest BCUT2D eigenvalue weighted by molar-refractivity contribution is -0.119. The molecule has 1 aromatic heterocycles. The zero-order valence-electron chi connectivity index (χ0n) is 17.0. The highest BCUT2D eigenvalue weighted by molar-refractivity contribution is 7.99. The molecule has 3 aromatic rings. The minimum atomic E-state index is -0.175. The summed E-state index contributed by atoms with van der Waals surface area (Å²) in [5, 5.41) is 3.23. The summed E-state index contributed by atoms with van der Waals surface area (Å²) in [7, 11) is 0. The third-order valence-corrected chi connectivity index (χ3v) is 6.12. The van der Waals surface area contributed by atoms with Crippen LogP contribution in [0.1, 0.15) is 24.0 Å². The van der Waals surface area contributed by atoms with Gasteiger partial charge in [0.2, 0.25) is 5.91 Å². The number of aromatic nitrogens is 2. The molecule has 1 aliphatic rings. The van der Waals surface area contributed by atoms with Gasteiger partial charge in [-0.1, -0.05) is 53.7 Å². The fraction of sp³-hybridized carbons (Fsp3) is 0.348. The van der Waals surface area contributed by atoms with E-state index in [9.17, 15) is 9.59 Å². The molecule has 0 unspecified atom stereocenters. The summed E-state index contributed by atoms with van der Waals surface area (Å²) in [4.78, 5) is 29.9. The first-order valence-electron chi connectivity index (χ1n) is 10.2. The predicted octanol–water partition coefficient (Wildman–Crippen LogP) is 3.14. The quantitative estimate of drug-likeness (QED) is 0.591. The maximum Gasteiger partial charge on any atom is 0.283 e. The first kappa shape index (κ1) is 20.6. The number of para-hydroxylation sites is 2. The molecule has 4 rings (SSSR count). The van der Waals surface area contributed by atoms with Crippen LogP contribution in [0.15, 0.2) is 58.4 Å². The molecular weight excluding hydrogens is 398 g/mol. The highest BCUT2D eigenvalue weighted by Crippen LogP contribution is 2.18. The van der Waals surface area contributed by atoms with Gasteiger partial charge in [0.15, 0.2) is 5.03 Å². The van der Waals surface area contributed by atoms with Gasteiger partial charge >= 0.3 is 0 Å². The zero-order valence-corrected chi connectivity index (χ0v) is 17.8. The van der Waals surface area contributed by atoms with E-state index in [1.807, 2.05) is 55.5 Å². The summed E-state index contributed by atoms with van der Waals surface area (Å²) in [5.41, 5.74) is 3.58. The third-order valence-electron chi connectivity index (χ3n) is 5.17. The molecule has 156 valence electrons. The van der Waals surface area contributed by atoms with E-state index < -0.39 is 0 Å². The van der Waals surface area contributed by atoms with Crippen molar-refractivity contribution in [2.45, 2.75) is 37.4 Å².